The zero-order chi connectivity index (χ0) is 18.9. The van der Waals surface area contributed by atoms with Crippen molar-refractivity contribution >= 4 is 5.91 Å². The van der Waals surface area contributed by atoms with Gasteiger partial charge in [0.15, 0.2) is 6.29 Å². The third kappa shape index (κ3) is 4.27. The van der Waals surface area contributed by atoms with Crippen molar-refractivity contribution in [1.82, 2.24) is 9.47 Å². The molecule has 6 nitrogen and oxygen atoms in total. The van der Waals surface area contributed by atoms with Crippen molar-refractivity contribution in [3.63, 3.8) is 0 Å². The smallest absolute Gasteiger partial charge is 0.348 e. The Morgan fingerprint density at radius 1 is 1.27 bits per heavy atom. The average Bonchev–Trinajstić information content (AvgIpc) is 3.09. The predicted molar refractivity (Wildman–Crippen MR) is 85.7 cm³/mol. The topological polar surface area (TPSA) is 60.8 Å². The van der Waals surface area contributed by atoms with Gasteiger partial charge in [-0.05, 0) is 24.8 Å². The Morgan fingerprint density at radius 2 is 1.96 bits per heavy atom. The minimum absolute atomic E-state index is 0.0746. The molecule has 2 unspecified atom stereocenters. The normalized spacial score (nSPS) is 24.8. The van der Waals surface area contributed by atoms with Crippen LogP contribution in [0.4, 0.5) is 13.2 Å². The van der Waals surface area contributed by atoms with Crippen LogP contribution in [0.2, 0.25) is 0 Å². The molecule has 0 radical (unpaired) electrons. The molecule has 0 aliphatic carbocycles. The predicted octanol–water partition coefficient (Wildman–Crippen LogP) is 2.02. The fourth-order valence-electron chi connectivity index (χ4n) is 3.42. The standard InChI is InChI=1S/C17H21F3N2O4/c1-11-2-3-13(16-25-6-7-26-16)22(9-11)15(24)12-4-5-21(14(23)8-12)10-17(18,19)20/h4-5,8,11,13,16H,2-3,6-7,9-10H2,1H3. The fourth-order valence-corrected chi connectivity index (χ4v) is 3.42. The van der Waals surface area contributed by atoms with Gasteiger partial charge in [-0.1, -0.05) is 6.92 Å². The second kappa shape index (κ2) is 7.40. The van der Waals surface area contributed by atoms with Crippen LogP contribution in [-0.2, 0) is 16.0 Å². The number of amides is 1. The summed E-state index contributed by atoms with van der Waals surface area (Å²) < 4.78 is 49.0. The summed E-state index contributed by atoms with van der Waals surface area (Å²) in [5.41, 5.74) is -0.784. The minimum Gasteiger partial charge on any atom is -0.348 e. The highest BCUT2D eigenvalue weighted by Crippen LogP contribution is 2.28. The first-order valence-electron chi connectivity index (χ1n) is 8.56. The van der Waals surface area contributed by atoms with Crippen molar-refractivity contribution in [3.05, 3.63) is 34.2 Å². The van der Waals surface area contributed by atoms with E-state index in [-0.39, 0.29) is 17.5 Å². The van der Waals surface area contributed by atoms with Gasteiger partial charge in [0.25, 0.3) is 11.5 Å². The van der Waals surface area contributed by atoms with Gasteiger partial charge in [0.05, 0.1) is 19.3 Å². The minimum atomic E-state index is -4.50. The third-order valence-corrected chi connectivity index (χ3v) is 4.68. The number of carbonyl (C=O) groups excluding carboxylic acids is 1. The summed E-state index contributed by atoms with van der Waals surface area (Å²) in [5.74, 6) is -0.112. The molecule has 0 spiro atoms. The molecule has 0 N–H and O–H groups in total. The molecule has 2 fully saturated rings. The van der Waals surface area contributed by atoms with E-state index in [2.05, 4.69) is 0 Å². The van der Waals surface area contributed by atoms with Crippen LogP contribution in [0.5, 0.6) is 0 Å². The first-order valence-corrected chi connectivity index (χ1v) is 8.56. The van der Waals surface area contributed by atoms with E-state index in [1.165, 1.54) is 6.07 Å². The average molecular weight is 374 g/mol. The monoisotopic (exact) mass is 374 g/mol. The molecule has 2 saturated heterocycles. The van der Waals surface area contributed by atoms with Crippen LogP contribution in [-0.4, -0.2) is 53.6 Å². The highest BCUT2D eigenvalue weighted by atomic mass is 19.4. The summed E-state index contributed by atoms with van der Waals surface area (Å²) in [5, 5.41) is 0. The Bertz CT molecular complexity index is 713. The number of rotatable bonds is 3. The lowest BCUT2D eigenvalue weighted by Crippen LogP contribution is -2.52. The molecule has 3 rings (SSSR count). The number of hydrogen-bond donors (Lipinski definition) is 0. The summed E-state index contributed by atoms with van der Waals surface area (Å²) in [6, 6.07) is 1.95. The molecule has 0 aromatic carbocycles. The Morgan fingerprint density at radius 3 is 2.58 bits per heavy atom. The van der Waals surface area contributed by atoms with E-state index in [9.17, 15) is 22.8 Å². The van der Waals surface area contributed by atoms with Crippen molar-refractivity contribution in [3.8, 4) is 0 Å². The molecule has 1 aromatic heterocycles. The molecular formula is C17H21F3N2O4. The van der Waals surface area contributed by atoms with E-state index in [4.69, 9.17) is 9.47 Å². The number of likely N-dealkylation sites (tertiary alicyclic amines) is 1. The zero-order valence-corrected chi connectivity index (χ0v) is 14.4. The molecule has 26 heavy (non-hydrogen) atoms. The maximum Gasteiger partial charge on any atom is 0.406 e. The number of hydrogen-bond acceptors (Lipinski definition) is 4. The molecule has 2 aliphatic rings. The van der Waals surface area contributed by atoms with Crippen LogP contribution in [0, 0.1) is 5.92 Å². The van der Waals surface area contributed by atoms with Crippen molar-refractivity contribution in [2.24, 2.45) is 5.92 Å². The van der Waals surface area contributed by atoms with E-state index in [1.807, 2.05) is 6.92 Å². The Labute approximate surface area is 148 Å². The Hall–Kier alpha value is -1.87. The third-order valence-electron chi connectivity index (χ3n) is 4.68. The van der Waals surface area contributed by atoms with Gasteiger partial charge in [-0.3, -0.25) is 9.59 Å². The molecule has 1 amide bonds. The first-order chi connectivity index (χ1) is 12.2. The van der Waals surface area contributed by atoms with Gasteiger partial charge in [0, 0.05) is 24.4 Å². The maximum atomic E-state index is 12.9. The van der Waals surface area contributed by atoms with Crippen LogP contribution >= 0.6 is 0 Å². The second-order valence-corrected chi connectivity index (χ2v) is 6.81. The van der Waals surface area contributed by atoms with Crippen LogP contribution < -0.4 is 5.56 Å². The lowest BCUT2D eigenvalue weighted by Gasteiger charge is -2.40. The highest BCUT2D eigenvalue weighted by molar-refractivity contribution is 5.94. The quantitative estimate of drug-likeness (QED) is 0.812. The van der Waals surface area contributed by atoms with Crippen LogP contribution in [0.25, 0.3) is 0 Å². The number of piperidine rings is 1. The Kier molecular flexibility index (Phi) is 5.38. The number of aromatic nitrogens is 1. The second-order valence-electron chi connectivity index (χ2n) is 6.81. The molecule has 3 heterocycles. The number of nitrogens with zero attached hydrogens (tertiary/aromatic N) is 2. The van der Waals surface area contributed by atoms with Crippen LogP contribution in [0.3, 0.4) is 0 Å². The lowest BCUT2D eigenvalue weighted by molar-refractivity contribution is -0.141. The van der Waals surface area contributed by atoms with E-state index in [0.29, 0.717) is 30.7 Å². The number of carbonyl (C=O) groups is 1. The zero-order valence-electron chi connectivity index (χ0n) is 14.4. The van der Waals surface area contributed by atoms with E-state index in [0.717, 1.165) is 18.7 Å². The van der Waals surface area contributed by atoms with Crippen LogP contribution in [0.1, 0.15) is 30.1 Å². The van der Waals surface area contributed by atoms with E-state index < -0.39 is 30.5 Å². The van der Waals surface area contributed by atoms with Gasteiger partial charge >= 0.3 is 6.18 Å². The molecule has 2 aliphatic heterocycles. The number of halogens is 3. The number of ether oxygens (including phenoxy) is 2. The van der Waals surface area contributed by atoms with Gasteiger partial charge < -0.3 is 18.9 Å². The highest BCUT2D eigenvalue weighted by Gasteiger charge is 2.38. The van der Waals surface area contributed by atoms with Gasteiger partial charge in [-0.15, -0.1) is 0 Å². The van der Waals surface area contributed by atoms with Gasteiger partial charge in [0.1, 0.15) is 6.54 Å². The largest absolute Gasteiger partial charge is 0.406 e. The number of alkyl halides is 3. The van der Waals surface area contributed by atoms with Crippen molar-refractivity contribution in [2.45, 2.75) is 44.8 Å². The lowest BCUT2D eigenvalue weighted by atomic mass is 9.93. The Balaban J connectivity index is 1.81. The molecule has 144 valence electrons. The van der Waals surface area contributed by atoms with Crippen molar-refractivity contribution in [1.29, 1.82) is 0 Å². The molecule has 0 saturated carbocycles. The fraction of sp³-hybridized carbons (Fsp3) is 0.647. The summed E-state index contributed by atoms with van der Waals surface area (Å²) in [7, 11) is 0. The maximum absolute atomic E-state index is 12.9. The molecule has 0 bridgehead atoms. The molecular weight excluding hydrogens is 353 g/mol. The SMILES string of the molecule is CC1CCC(C2OCCO2)N(C(=O)c2ccn(CC(F)(F)F)c(=O)c2)C1. The molecule has 2 atom stereocenters. The van der Waals surface area contributed by atoms with Crippen LogP contribution in [0.15, 0.2) is 23.1 Å². The first kappa shape index (κ1) is 18.9. The summed E-state index contributed by atoms with van der Waals surface area (Å²) >= 11 is 0. The summed E-state index contributed by atoms with van der Waals surface area (Å²) in [6.07, 6.45) is -2.36. The summed E-state index contributed by atoms with van der Waals surface area (Å²) in [6.45, 7) is 2.05. The van der Waals surface area contributed by atoms with E-state index >= 15 is 0 Å². The summed E-state index contributed by atoms with van der Waals surface area (Å²) in [4.78, 5) is 26.5. The number of pyridine rings is 1. The molecule has 1 aromatic rings. The van der Waals surface area contributed by atoms with Crippen molar-refractivity contribution in [2.75, 3.05) is 19.8 Å². The van der Waals surface area contributed by atoms with E-state index in [1.54, 1.807) is 4.90 Å². The van der Waals surface area contributed by atoms with Gasteiger partial charge in [-0.25, -0.2) is 0 Å². The van der Waals surface area contributed by atoms with Crippen molar-refractivity contribution < 1.29 is 27.4 Å². The van der Waals surface area contributed by atoms with Gasteiger partial charge in [0.2, 0.25) is 0 Å². The molecule has 9 heteroatoms. The van der Waals surface area contributed by atoms with Gasteiger partial charge in [-0.2, -0.15) is 13.2 Å².